The summed E-state index contributed by atoms with van der Waals surface area (Å²) < 4.78 is 6.64. The van der Waals surface area contributed by atoms with Gasteiger partial charge in [0.05, 0.1) is 42.6 Å². The Morgan fingerprint density at radius 3 is 2.79 bits per heavy atom. The largest absolute Gasteiger partial charge is 0.478 e. The standard InChI is InChI=1S/C18H18ClN5O4/c19-14-7-16-15(21-18(22-16)24-9-12(8-20-24)17(26)27)6-11(14)5-13(25)10-23-1-3-28-4-2-23/h6-9H,1-5,10H2,(H,21,22)(H,26,27). The molecular weight excluding hydrogens is 386 g/mol. The van der Waals surface area contributed by atoms with Crippen LogP contribution in [0, 0.1) is 0 Å². The molecule has 146 valence electrons. The second kappa shape index (κ2) is 7.70. The number of hydrogen-bond acceptors (Lipinski definition) is 6. The minimum Gasteiger partial charge on any atom is -0.478 e. The van der Waals surface area contributed by atoms with Gasteiger partial charge in [0.2, 0.25) is 5.95 Å². The predicted molar refractivity (Wildman–Crippen MR) is 101 cm³/mol. The summed E-state index contributed by atoms with van der Waals surface area (Å²) in [4.78, 5) is 33.0. The molecule has 2 aromatic heterocycles. The van der Waals surface area contributed by atoms with E-state index in [9.17, 15) is 9.59 Å². The number of aromatic carboxylic acids is 1. The second-order valence-electron chi connectivity index (χ2n) is 6.60. The Labute approximate surface area is 164 Å². The van der Waals surface area contributed by atoms with Gasteiger partial charge in [-0.25, -0.2) is 14.5 Å². The molecular formula is C18H18ClN5O4. The first kappa shape index (κ1) is 18.6. The van der Waals surface area contributed by atoms with Gasteiger partial charge in [-0.05, 0) is 17.7 Å². The van der Waals surface area contributed by atoms with Crippen molar-refractivity contribution in [2.24, 2.45) is 0 Å². The van der Waals surface area contributed by atoms with Gasteiger partial charge in [0, 0.05) is 30.7 Å². The van der Waals surface area contributed by atoms with Crippen molar-refractivity contribution in [3.8, 4) is 5.95 Å². The van der Waals surface area contributed by atoms with Crippen LogP contribution in [-0.2, 0) is 16.0 Å². The van der Waals surface area contributed by atoms with Crippen molar-refractivity contribution in [2.75, 3.05) is 32.8 Å². The summed E-state index contributed by atoms with van der Waals surface area (Å²) in [5.74, 6) is -0.608. The average molecular weight is 404 g/mol. The number of carboxylic acid groups (broad SMARTS) is 1. The van der Waals surface area contributed by atoms with Gasteiger partial charge in [0.1, 0.15) is 0 Å². The number of fused-ring (bicyclic) bond motifs is 1. The fourth-order valence-corrected chi connectivity index (χ4v) is 3.36. The molecule has 0 bridgehead atoms. The highest BCUT2D eigenvalue weighted by Gasteiger charge is 2.17. The molecule has 0 aliphatic carbocycles. The van der Waals surface area contributed by atoms with E-state index in [4.69, 9.17) is 21.4 Å². The molecule has 0 saturated carbocycles. The summed E-state index contributed by atoms with van der Waals surface area (Å²) in [5.41, 5.74) is 2.08. The van der Waals surface area contributed by atoms with Gasteiger partial charge in [-0.15, -0.1) is 0 Å². The highest BCUT2D eigenvalue weighted by atomic mass is 35.5. The van der Waals surface area contributed by atoms with E-state index in [1.807, 2.05) is 0 Å². The van der Waals surface area contributed by atoms with Crippen molar-refractivity contribution >= 4 is 34.4 Å². The second-order valence-corrected chi connectivity index (χ2v) is 7.01. The summed E-state index contributed by atoms with van der Waals surface area (Å²) in [6, 6.07) is 3.49. The Bertz CT molecular complexity index is 1040. The van der Waals surface area contributed by atoms with Gasteiger partial charge in [-0.3, -0.25) is 9.69 Å². The molecule has 1 fully saturated rings. The number of aromatic amines is 1. The normalized spacial score (nSPS) is 15.2. The van der Waals surface area contributed by atoms with Gasteiger partial charge in [-0.1, -0.05) is 11.6 Å². The minimum absolute atomic E-state index is 0.0629. The number of ketones is 1. The maximum atomic E-state index is 12.4. The van der Waals surface area contributed by atoms with E-state index >= 15 is 0 Å². The Morgan fingerprint density at radius 1 is 1.29 bits per heavy atom. The van der Waals surface area contributed by atoms with E-state index in [-0.39, 0.29) is 17.8 Å². The average Bonchev–Trinajstić information content (AvgIpc) is 3.29. The fourth-order valence-electron chi connectivity index (χ4n) is 3.13. The number of carbonyl (C=O) groups excluding carboxylic acids is 1. The van der Waals surface area contributed by atoms with Crippen molar-refractivity contribution in [1.82, 2.24) is 24.6 Å². The first-order valence-corrected chi connectivity index (χ1v) is 9.15. The minimum atomic E-state index is -1.06. The highest BCUT2D eigenvalue weighted by molar-refractivity contribution is 6.32. The van der Waals surface area contributed by atoms with Crippen LogP contribution in [0.5, 0.6) is 0 Å². The SMILES string of the molecule is O=C(Cc1cc2[nH]c(-n3cc(C(=O)O)cn3)nc2cc1Cl)CN1CCOCC1. The summed E-state index contributed by atoms with van der Waals surface area (Å²) in [7, 11) is 0. The zero-order valence-electron chi connectivity index (χ0n) is 14.9. The lowest BCUT2D eigenvalue weighted by atomic mass is 10.1. The van der Waals surface area contributed by atoms with Crippen LogP contribution in [0.3, 0.4) is 0 Å². The predicted octanol–water partition coefficient (Wildman–Crippen LogP) is 1.54. The number of carbonyl (C=O) groups is 2. The van der Waals surface area contributed by atoms with Crippen LogP contribution in [0.2, 0.25) is 5.02 Å². The van der Waals surface area contributed by atoms with E-state index in [1.54, 1.807) is 12.1 Å². The lowest BCUT2D eigenvalue weighted by Crippen LogP contribution is -2.39. The van der Waals surface area contributed by atoms with Crippen LogP contribution in [0.25, 0.3) is 17.0 Å². The number of Topliss-reactive ketones (excluding diaryl/α,β-unsaturated/α-hetero) is 1. The smallest absolute Gasteiger partial charge is 0.338 e. The monoisotopic (exact) mass is 403 g/mol. The van der Waals surface area contributed by atoms with Gasteiger partial charge in [-0.2, -0.15) is 5.10 Å². The van der Waals surface area contributed by atoms with Crippen molar-refractivity contribution in [3.63, 3.8) is 0 Å². The molecule has 10 heteroatoms. The number of morpholine rings is 1. The molecule has 9 nitrogen and oxygen atoms in total. The Balaban J connectivity index is 1.53. The summed E-state index contributed by atoms with van der Waals surface area (Å²) in [6.07, 6.45) is 2.85. The third kappa shape index (κ3) is 3.91. The molecule has 4 rings (SSSR count). The third-order valence-corrected chi connectivity index (χ3v) is 4.93. The molecule has 28 heavy (non-hydrogen) atoms. The maximum absolute atomic E-state index is 12.4. The molecule has 0 atom stereocenters. The zero-order chi connectivity index (χ0) is 19.7. The molecule has 2 N–H and O–H groups in total. The molecule has 1 aliphatic heterocycles. The van der Waals surface area contributed by atoms with Crippen molar-refractivity contribution < 1.29 is 19.4 Å². The number of H-pyrrole nitrogens is 1. The number of ether oxygens (including phenoxy) is 1. The molecule has 0 amide bonds. The summed E-state index contributed by atoms with van der Waals surface area (Å²) in [6.45, 7) is 3.17. The third-order valence-electron chi connectivity index (χ3n) is 4.58. The van der Waals surface area contributed by atoms with Crippen LogP contribution >= 0.6 is 11.6 Å². The molecule has 3 aromatic rings. The first-order chi connectivity index (χ1) is 13.5. The highest BCUT2D eigenvalue weighted by Crippen LogP contribution is 2.24. The quantitative estimate of drug-likeness (QED) is 0.641. The lowest BCUT2D eigenvalue weighted by molar-refractivity contribution is -0.120. The van der Waals surface area contributed by atoms with E-state index in [0.717, 1.165) is 13.1 Å². The van der Waals surface area contributed by atoms with Crippen LogP contribution in [0.15, 0.2) is 24.5 Å². The number of aromatic nitrogens is 4. The number of rotatable bonds is 6. The number of carboxylic acids is 1. The van der Waals surface area contributed by atoms with Crippen molar-refractivity contribution in [2.45, 2.75) is 6.42 Å². The Morgan fingerprint density at radius 2 is 2.07 bits per heavy atom. The molecule has 1 aliphatic rings. The zero-order valence-corrected chi connectivity index (χ0v) is 15.6. The number of nitrogens with one attached hydrogen (secondary N) is 1. The number of nitrogens with zero attached hydrogens (tertiary/aromatic N) is 4. The molecule has 3 heterocycles. The number of hydrogen-bond donors (Lipinski definition) is 2. The van der Waals surface area contributed by atoms with Crippen LogP contribution in [0.1, 0.15) is 15.9 Å². The molecule has 0 unspecified atom stereocenters. The summed E-state index contributed by atoms with van der Waals surface area (Å²) in [5, 5.41) is 13.5. The molecule has 1 saturated heterocycles. The maximum Gasteiger partial charge on any atom is 0.338 e. The lowest BCUT2D eigenvalue weighted by Gasteiger charge is -2.25. The first-order valence-electron chi connectivity index (χ1n) is 8.78. The Kier molecular flexibility index (Phi) is 5.12. The van der Waals surface area contributed by atoms with Crippen molar-refractivity contribution in [1.29, 1.82) is 0 Å². The van der Waals surface area contributed by atoms with Crippen LogP contribution < -0.4 is 0 Å². The number of benzene rings is 1. The van der Waals surface area contributed by atoms with Crippen LogP contribution in [-0.4, -0.2) is 74.4 Å². The van der Waals surface area contributed by atoms with Crippen LogP contribution in [0.4, 0.5) is 0 Å². The fraction of sp³-hybridized carbons (Fsp3) is 0.333. The van der Waals surface area contributed by atoms with E-state index in [2.05, 4.69) is 20.0 Å². The number of imidazole rings is 1. The van der Waals surface area contributed by atoms with Gasteiger partial charge < -0.3 is 14.8 Å². The van der Waals surface area contributed by atoms with Gasteiger partial charge in [0.15, 0.2) is 5.78 Å². The molecule has 1 aromatic carbocycles. The number of halogens is 1. The van der Waals surface area contributed by atoms with Crippen molar-refractivity contribution in [3.05, 3.63) is 40.7 Å². The molecule has 0 radical (unpaired) electrons. The van der Waals surface area contributed by atoms with E-state index < -0.39 is 5.97 Å². The summed E-state index contributed by atoms with van der Waals surface area (Å²) >= 11 is 6.35. The van der Waals surface area contributed by atoms with Gasteiger partial charge >= 0.3 is 5.97 Å². The van der Waals surface area contributed by atoms with E-state index in [1.165, 1.54) is 17.1 Å². The topological polar surface area (TPSA) is 113 Å². The van der Waals surface area contributed by atoms with Gasteiger partial charge in [0.25, 0.3) is 0 Å². The molecule has 0 spiro atoms. The van der Waals surface area contributed by atoms with E-state index in [0.29, 0.717) is 47.3 Å². The Hall–Kier alpha value is -2.75.